The van der Waals surface area contributed by atoms with Gasteiger partial charge in [0, 0.05) is 0 Å². The van der Waals surface area contributed by atoms with Crippen LogP contribution < -0.4 is 4.72 Å². The van der Waals surface area contributed by atoms with E-state index in [1.807, 2.05) is 0 Å². The van der Waals surface area contributed by atoms with Crippen LogP contribution >= 0.6 is 0 Å². The van der Waals surface area contributed by atoms with E-state index in [0.29, 0.717) is 0 Å². The molecule has 0 aliphatic carbocycles. The fourth-order valence-corrected chi connectivity index (χ4v) is 2.70. The Hall–Kier alpha value is -1.82. The van der Waals surface area contributed by atoms with Gasteiger partial charge in [0.15, 0.2) is 0 Å². The first-order valence-corrected chi connectivity index (χ1v) is 7.17. The Morgan fingerprint density at radius 1 is 1.04 bits per heavy atom. The van der Waals surface area contributed by atoms with E-state index in [1.54, 1.807) is 0 Å². The van der Waals surface area contributed by atoms with Crippen molar-refractivity contribution in [1.82, 2.24) is 4.72 Å². The van der Waals surface area contributed by atoms with E-state index in [0.717, 1.165) is 6.92 Å². The smallest absolute Gasteiger partial charge is 0.416 e. The van der Waals surface area contributed by atoms with Gasteiger partial charge in [-0.15, -0.1) is 0 Å². The van der Waals surface area contributed by atoms with Crippen molar-refractivity contribution in [2.45, 2.75) is 30.2 Å². The fourth-order valence-electron chi connectivity index (χ4n) is 1.43. The summed E-state index contributed by atoms with van der Waals surface area (Å²) in [6.45, 7) is 0.859. The first-order valence-electron chi connectivity index (χ1n) is 5.69. The van der Waals surface area contributed by atoms with Crippen LogP contribution in [0, 0.1) is 0 Å². The Morgan fingerprint density at radius 3 is 1.74 bits per heavy atom. The zero-order chi connectivity index (χ0) is 18.2. The lowest BCUT2D eigenvalue weighted by Gasteiger charge is -2.15. The lowest BCUT2D eigenvalue weighted by atomic mass is 10.1. The van der Waals surface area contributed by atoms with Gasteiger partial charge in [0.25, 0.3) is 0 Å². The molecule has 23 heavy (non-hydrogen) atoms. The lowest BCUT2D eigenvalue weighted by molar-refractivity contribution is -0.143. The highest BCUT2D eigenvalue weighted by atomic mass is 32.2. The van der Waals surface area contributed by atoms with Gasteiger partial charge in [-0.1, -0.05) is 0 Å². The number of rotatable bonds is 4. The van der Waals surface area contributed by atoms with Crippen LogP contribution in [0.15, 0.2) is 23.1 Å². The molecule has 0 bridgehead atoms. The fraction of sp³-hybridized carbons (Fsp3) is 0.364. The van der Waals surface area contributed by atoms with Crippen LogP contribution in [0.4, 0.5) is 26.3 Å². The van der Waals surface area contributed by atoms with Crippen LogP contribution in [0.5, 0.6) is 0 Å². The number of hydrogen-bond donors (Lipinski definition) is 2. The molecule has 130 valence electrons. The Kier molecular flexibility index (Phi) is 5.01. The highest BCUT2D eigenvalue weighted by molar-refractivity contribution is 7.89. The van der Waals surface area contributed by atoms with Crippen molar-refractivity contribution in [2.24, 2.45) is 0 Å². The van der Waals surface area contributed by atoms with Crippen molar-refractivity contribution < 1.29 is 44.7 Å². The lowest BCUT2D eigenvalue weighted by Crippen LogP contribution is -2.38. The molecule has 0 fully saturated rings. The van der Waals surface area contributed by atoms with Crippen molar-refractivity contribution in [3.8, 4) is 0 Å². The summed E-state index contributed by atoms with van der Waals surface area (Å²) >= 11 is 0. The van der Waals surface area contributed by atoms with E-state index in [4.69, 9.17) is 5.11 Å². The maximum absolute atomic E-state index is 12.6. The normalized spacial score (nSPS) is 14.6. The van der Waals surface area contributed by atoms with E-state index in [-0.39, 0.29) is 18.2 Å². The highest BCUT2D eigenvalue weighted by Gasteiger charge is 2.38. The molecule has 0 spiro atoms. The van der Waals surface area contributed by atoms with Crippen LogP contribution in [0.1, 0.15) is 18.1 Å². The topological polar surface area (TPSA) is 83.5 Å². The standard InChI is InChI=1S/C11H9F6NO4S/c1-5(9(19)20)18-23(21,22)8-3-6(10(12,13)14)2-7(4-8)11(15,16)17/h2-5,18H,1H3,(H,19,20)/t5-/m0/s1. The zero-order valence-electron chi connectivity index (χ0n) is 11.2. The van der Waals surface area contributed by atoms with E-state index in [1.165, 1.54) is 4.72 Å². The number of aliphatic carboxylic acids is 1. The molecule has 0 aliphatic heterocycles. The second kappa shape index (κ2) is 6.00. The number of sulfonamides is 1. The molecule has 0 aromatic heterocycles. The summed E-state index contributed by atoms with van der Waals surface area (Å²) in [5.41, 5.74) is -3.65. The molecule has 0 aliphatic rings. The number of carboxylic acid groups (broad SMARTS) is 1. The molecular formula is C11H9F6NO4S. The Labute approximate surface area is 126 Å². The number of carboxylic acids is 1. The Balaban J connectivity index is 3.49. The summed E-state index contributed by atoms with van der Waals surface area (Å²) in [6, 6.07) is -2.00. The third-order valence-electron chi connectivity index (χ3n) is 2.57. The molecule has 0 radical (unpaired) electrons. The largest absolute Gasteiger partial charge is 0.480 e. The number of alkyl halides is 6. The molecule has 1 aromatic rings. The van der Waals surface area contributed by atoms with Crippen LogP contribution in [0.25, 0.3) is 0 Å². The maximum atomic E-state index is 12.6. The quantitative estimate of drug-likeness (QED) is 0.803. The molecule has 1 aromatic carbocycles. The van der Waals surface area contributed by atoms with E-state index in [2.05, 4.69) is 0 Å². The first kappa shape index (κ1) is 19.2. The summed E-state index contributed by atoms with van der Waals surface area (Å²) in [7, 11) is -4.90. The molecule has 0 amide bonds. The third-order valence-corrected chi connectivity index (χ3v) is 4.09. The maximum Gasteiger partial charge on any atom is 0.416 e. The predicted molar refractivity (Wildman–Crippen MR) is 63.9 cm³/mol. The molecular weight excluding hydrogens is 356 g/mol. The molecule has 2 N–H and O–H groups in total. The average molecular weight is 365 g/mol. The summed E-state index contributed by atoms with van der Waals surface area (Å²) in [6.07, 6.45) is -10.4. The minimum absolute atomic E-state index is 0.00779. The number of carbonyl (C=O) groups is 1. The molecule has 12 heteroatoms. The minimum Gasteiger partial charge on any atom is -0.480 e. The number of halogens is 6. The predicted octanol–water partition coefficient (Wildman–Crippen LogP) is 2.48. The Morgan fingerprint density at radius 2 is 1.43 bits per heavy atom. The van der Waals surface area contributed by atoms with E-state index < -0.39 is 50.4 Å². The van der Waals surface area contributed by atoms with Crippen LogP contribution in [-0.4, -0.2) is 25.5 Å². The van der Waals surface area contributed by atoms with Crippen molar-refractivity contribution in [3.63, 3.8) is 0 Å². The zero-order valence-corrected chi connectivity index (χ0v) is 12.0. The van der Waals surface area contributed by atoms with Gasteiger partial charge in [-0.3, -0.25) is 4.79 Å². The van der Waals surface area contributed by atoms with Gasteiger partial charge in [-0.25, -0.2) is 8.42 Å². The molecule has 0 heterocycles. The molecule has 1 rings (SSSR count). The average Bonchev–Trinajstić information content (AvgIpc) is 2.35. The molecule has 0 saturated carbocycles. The van der Waals surface area contributed by atoms with Gasteiger partial charge in [-0.2, -0.15) is 31.1 Å². The third kappa shape index (κ3) is 4.82. The van der Waals surface area contributed by atoms with Gasteiger partial charge in [0.1, 0.15) is 6.04 Å². The molecule has 0 saturated heterocycles. The van der Waals surface area contributed by atoms with E-state index >= 15 is 0 Å². The molecule has 5 nitrogen and oxygen atoms in total. The SMILES string of the molecule is C[C@H](NS(=O)(=O)c1cc(C(F)(F)F)cc(C(F)(F)F)c1)C(=O)O. The second-order valence-corrected chi connectivity index (χ2v) is 6.14. The van der Waals surface area contributed by atoms with Crippen molar-refractivity contribution in [2.75, 3.05) is 0 Å². The van der Waals surface area contributed by atoms with Crippen LogP contribution in [0.3, 0.4) is 0 Å². The van der Waals surface area contributed by atoms with Gasteiger partial charge in [0.2, 0.25) is 10.0 Å². The van der Waals surface area contributed by atoms with Gasteiger partial charge in [-0.05, 0) is 25.1 Å². The summed E-state index contributed by atoms with van der Waals surface area (Å²) in [5.74, 6) is -1.66. The number of benzene rings is 1. The Bertz CT molecular complexity index is 678. The highest BCUT2D eigenvalue weighted by Crippen LogP contribution is 2.37. The monoisotopic (exact) mass is 365 g/mol. The summed E-state index contributed by atoms with van der Waals surface area (Å²) in [5, 5.41) is 8.57. The van der Waals surface area contributed by atoms with Gasteiger partial charge in [0.05, 0.1) is 16.0 Å². The number of hydrogen-bond acceptors (Lipinski definition) is 3. The molecule has 0 unspecified atom stereocenters. The van der Waals surface area contributed by atoms with E-state index in [9.17, 15) is 39.6 Å². The van der Waals surface area contributed by atoms with Crippen molar-refractivity contribution >= 4 is 16.0 Å². The number of nitrogens with one attached hydrogen (secondary N) is 1. The van der Waals surface area contributed by atoms with Crippen molar-refractivity contribution in [3.05, 3.63) is 29.3 Å². The minimum atomic E-state index is -5.22. The first-order chi connectivity index (χ1) is 10.1. The van der Waals surface area contributed by atoms with Crippen LogP contribution in [0.2, 0.25) is 0 Å². The second-order valence-electron chi connectivity index (χ2n) is 4.42. The van der Waals surface area contributed by atoms with Gasteiger partial charge >= 0.3 is 18.3 Å². The van der Waals surface area contributed by atoms with Gasteiger partial charge < -0.3 is 5.11 Å². The van der Waals surface area contributed by atoms with Crippen LogP contribution in [-0.2, 0) is 27.2 Å². The van der Waals surface area contributed by atoms with Crippen molar-refractivity contribution in [1.29, 1.82) is 0 Å². The summed E-state index contributed by atoms with van der Waals surface area (Å²) in [4.78, 5) is 9.23. The summed E-state index contributed by atoms with van der Waals surface area (Å²) < 4.78 is 101. The molecule has 1 atom stereocenters.